The Morgan fingerprint density at radius 1 is 1.06 bits per heavy atom. The Morgan fingerprint density at radius 2 is 1.80 bits per heavy atom. The van der Waals surface area contributed by atoms with Gasteiger partial charge in [0, 0.05) is 21.8 Å². The number of benzene rings is 3. The molecule has 4 aromatic rings. The van der Waals surface area contributed by atoms with Crippen LogP contribution in [0.5, 0.6) is 0 Å². The Labute approximate surface area is 213 Å². The fourth-order valence-electron chi connectivity index (χ4n) is 3.91. The van der Waals surface area contributed by atoms with Crippen molar-refractivity contribution in [2.75, 3.05) is 10.6 Å². The minimum Gasteiger partial charge on any atom is -0.324 e. The van der Waals surface area contributed by atoms with Crippen molar-refractivity contribution < 1.29 is 9.18 Å². The van der Waals surface area contributed by atoms with Gasteiger partial charge in [-0.1, -0.05) is 65.2 Å². The molecular weight excluding hydrogens is 488 g/mol. The summed E-state index contributed by atoms with van der Waals surface area (Å²) in [5, 5.41) is 10.7. The molecule has 0 saturated carbocycles. The molecule has 0 radical (unpaired) electrons. The number of nitrogens with zero attached hydrogens (tertiary/aromatic N) is 3. The highest BCUT2D eigenvalue weighted by Gasteiger charge is 2.29. The number of carbonyl (C=O) groups is 1. The molecule has 1 unspecified atom stereocenters. The van der Waals surface area contributed by atoms with Crippen molar-refractivity contribution in [2.45, 2.75) is 19.9 Å². The summed E-state index contributed by atoms with van der Waals surface area (Å²) >= 11 is 6.41. The van der Waals surface area contributed by atoms with Crippen LogP contribution in [-0.4, -0.2) is 20.7 Å². The van der Waals surface area contributed by atoms with E-state index in [4.69, 9.17) is 11.6 Å². The van der Waals surface area contributed by atoms with Gasteiger partial charge in [0.1, 0.15) is 11.9 Å². The average Bonchev–Trinajstić information content (AvgIpc) is 3.22. The largest absolute Gasteiger partial charge is 0.324 e. The summed E-state index contributed by atoms with van der Waals surface area (Å²) < 4.78 is 16.4. The molecule has 0 spiro atoms. The van der Waals surface area contributed by atoms with Crippen LogP contribution >= 0.6 is 24.0 Å². The van der Waals surface area contributed by atoms with E-state index in [1.807, 2.05) is 56.3 Å². The Morgan fingerprint density at radius 3 is 2.51 bits per heavy atom. The molecule has 0 fully saturated rings. The molecule has 5 rings (SSSR count). The van der Waals surface area contributed by atoms with Crippen LogP contribution in [0.4, 0.5) is 16.3 Å². The van der Waals surface area contributed by atoms with Crippen molar-refractivity contribution in [1.82, 2.24) is 14.8 Å². The minimum atomic E-state index is -0.668. The first-order chi connectivity index (χ1) is 16.4. The Hall–Kier alpha value is -3.68. The summed E-state index contributed by atoms with van der Waals surface area (Å²) in [6, 6.07) is 19.0. The zero-order valence-electron chi connectivity index (χ0n) is 18.9. The van der Waals surface area contributed by atoms with Crippen LogP contribution in [0.2, 0.25) is 5.02 Å². The van der Waals surface area contributed by atoms with Crippen LogP contribution in [0.25, 0.3) is 5.70 Å². The van der Waals surface area contributed by atoms with Gasteiger partial charge in [-0.25, -0.2) is 9.07 Å². The highest BCUT2D eigenvalue weighted by atomic mass is 35.5. The molecule has 3 aromatic carbocycles. The number of aromatic nitrogens is 3. The summed E-state index contributed by atoms with van der Waals surface area (Å²) in [5.41, 5.74) is 4.50. The van der Waals surface area contributed by atoms with E-state index in [1.165, 1.54) is 10.7 Å². The van der Waals surface area contributed by atoms with Gasteiger partial charge in [-0.15, -0.1) is 17.5 Å². The normalized spacial score (nSPS) is 14.3. The number of fused-ring (bicyclic) bond motifs is 1. The zero-order valence-corrected chi connectivity index (χ0v) is 20.5. The van der Waals surface area contributed by atoms with Gasteiger partial charge in [-0.05, 0) is 49.8 Å². The van der Waals surface area contributed by atoms with E-state index < -0.39 is 11.9 Å². The van der Waals surface area contributed by atoms with Crippen LogP contribution in [0.15, 0.2) is 72.8 Å². The molecule has 1 amide bonds. The number of carbonyl (C=O) groups excluding carboxylic acids is 1. The molecule has 1 aromatic heterocycles. The number of amides is 1. The van der Waals surface area contributed by atoms with Crippen molar-refractivity contribution in [2.24, 2.45) is 0 Å². The quantitative estimate of drug-likeness (QED) is 0.333. The predicted octanol–water partition coefficient (Wildman–Crippen LogP) is 6.42. The van der Waals surface area contributed by atoms with Crippen LogP contribution in [-0.2, 0) is 0 Å². The number of hydrogen-bond donors (Lipinski definition) is 2. The smallest absolute Gasteiger partial charge is 0.258 e. The first-order valence-corrected chi connectivity index (χ1v) is 11.1. The SMILES string of the molecule is Cc1ccc(C2=CC(c3c(F)cccc3Cl)n3nc(NC(=O)c4cccc(C)c4)nc3N2)cc1.Cl. The molecule has 2 heterocycles. The lowest BCUT2D eigenvalue weighted by Gasteiger charge is -2.25. The summed E-state index contributed by atoms with van der Waals surface area (Å²) in [7, 11) is 0. The zero-order chi connectivity index (χ0) is 23.8. The third-order valence-corrected chi connectivity index (χ3v) is 5.96. The number of allylic oxidation sites excluding steroid dienone is 1. The molecule has 1 atom stereocenters. The molecule has 2 N–H and O–H groups in total. The van der Waals surface area contributed by atoms with Gasteiger partial charge in [-0.3, -0.25) is 10.1 Å². The number of rotatable bonds is 4. The third kappa shape index (κ3) is 4.92. The number of anilines is 2. The molecule has 0 saturated heterocycles. The topological polar surface area (TPSA) is 71.8 Å². The second-order valence-electron chi connectivity index (χ2n) is 8.18. The van der Waals surface area contributed by atoms with E-state index in [2.05, 4.69) is 20.7 Å². The van der Waals surface area contributed by atoms with Crippen molar-refractivity contribution in [3.05, 3.63) is 111 Å². The van der Waals surface area contributed by atoms with Crippen LogP contribution < -0.4 is 10.6 Å². The molecule has 0 bridgehead atoms. The van der Waals surface area contributed by atoms with Gasteiger partial charge in [0.15, 0.2) is 0 Å². The van der Waals surface area contributed by atoms with Gasteiger partial charge in [0.25, 0.3) is 11.9 Å². The summed E-state index contributed by atoms with van der Waals surface area (Å²) in [5.74, 6) is -0.323. The highest BCUT2D eigenvalue weighted by molar-refractivity contribution is 6.31. The molecule has 1 aliphatic rings. The molecule has 0 aliphatic carbocycles. The fraction of sp³-hybridized carbons (Fsp3) is 0.115. The molecule has 35 heavy (non-hydrogen) atoms. The highest BCUT2D eigenvalue weighted by Crippen LogP contribution is 2.37. The molecule has 1 aliphatic heterocycles. The fourth-order valence-corrected chi connectivity index (χ4v) is 4.18. The number of halogens is 3. The third-order valence-electron chi connectivity index (χ3n) is 5.63. The van der Waals surface area contributed by atoms with E-state index >= 15 is 0 Å². The summed E-state index contributed by atoms with van der Waals surface area (Å²) in [4.78, 5) is 17.2. The van der Waals surface area contributed by atoms with Crippen LogP contribution in [0.3, 0.4) is 0 Å². The van der Waals surface area contributed by atoms with Gasteiger partial charge in [-0.2, -0.15) is 4.98 Å². The number of hydrogen-bond acceptors (Lipinski definition) is 4. The maximum Gasteiger partial charge on any atom is 0.258 e. The second kappa shape index (κ2) is 9.90. The number of aryl methyl sites for hydroxylation is 2. The van der Waals surface area contributed by atoms with Crippen LogP contribution in [0.1, 0.15) is 38.7 Å². The Balaban J connectivity index is 0.00000289. The lowest BCUT2D eigenvalue weighted by molar-refractivity contribution is 0.102. The maximum absolute atomic E-state index is 14.9. The first-order valence-electron chi connectivity index (χ1n) is 10.7. The van der Waals surface area contributed by atoms with E-state index in [0.29, 0.717) is 11.5 Å². The van der Waals surface area contributed by atoms with Gasteiger partial charge in [0.2, 0.25) is 5.95 Å². The van der Waals surface area contributed by atoms with Crippen molar-refractivity contribution in [1.29, 1.82) is 0 Å². The number of nitrogens with one attached hydrogen (secondary N) is 2. The predicted molar refractivity (Wildman–Crippen MR) is 139 cm³/mol. The molecule has 6 nitrogen and oxygen atoms in total. The minimum absolute atomic E-state index is 0. The Bertz CT molecular complexity index is 1410. The first kappa shape index (κ1) is 24.4. The van der Waals surface area contributed by atoms with Gasteiger partial charge >= 0.3 is 0 Å². The Kier molecular flexibility index (Phi) is 6.91. The van der Waals surface area contributed by atoms with Crippen molar-refractivity contribution in [3.8, 4) is 0 Å². The standard InChI is InChI=1S/C26H21ClFN5O.ClH/c1-15-9-11-17(12-10-15)21-14-22(23-19(27)7-4-8-20(23)28)33-26(29-21)31-25(32-33)30-24(34)18-6-3-5-16(2)13-18;/h3-14,22H,1-2H3,(H2,29,30,31,32,34);1H. The van der Waals surface area contributed by atoms with E-state index in [-0.39, 0.29) is 34.8 Å². The lowest BCUT2D eigenvalue weighted by Crippen LogP contribution is -2.21. The molecule has 178 valence electrons. The monoisotopic (exact) mass is 509 g/mol. The average molecular weight is 510 g/mol. The van der Waals surface area contributed by atoms with Crippen LogP contribution in [0, 0.1) is 19.7 Å². The second-order valence-corrected chi connectivity index (χ2v) is 8.59. The lowest BCUT2D eigenvalue weighted by atomic mass is 10.0. The molecule has 9 heteroatoms. The van der Waals surface area contributed by atoms with Gasteiger partial charge in [0.05, 0.1) is 0 Å². The van der Waals surface area contributed by atoms with E-state index in [1.54, 1.807) is 24.3 Å². The van der Waals surface area contributed by atoms with Crippen molar-refractivity contribution >= 4 is 47.5 Å². The summed E-state index contributed by atoms with van der Waals surface area (Å²) in [6.07, 6.45) is 1.85. The summed E-state index contributed by atoms with van der Waals surface area (Å²) in [6.45, 7) is 3.92. The maximum atomic E-state index is 14.9. The van der Waals surface area contributed by atoms with E-state index in [9.17, 15) is 9.18 Å². The van der Waals surface area contributed by atoms with E-state index in [0.717, 1.165) is 22.4 Å². The van der Waals surface area contributed by atoms with Gasteiger partial charge < -0.3 is 5.32 Å². The molecular formula is C26H22Cl2FN5O. The van der Waals surface area contributed by atoms with Crippen molar-refractivity contribution in [3.63, 3.8) is 0 Å².